The van der Waals surface area contributed by atoms with E-state index in [0.717, 1.165) is 19.5 Å². The Morgan fingerprint density at radius 1 is 1.00 bits per heavy atom. The smallest absolute Gasteiger partial charge is 0.0483 e. The van der Waals surface area contributed by atoms with Crippen LogP contribution in [0.3, 0.4) is 0 Å². The van der Waals surface area contributed by atoms with Crippen molar-refractivity contribution in [3.63, 3.8) is 0 Å². The fourth-order valence-electron chi connectivity index (χ4n) is 2.81. The van der Waals surface area contributed by atoms with Crippen molar-refractivity contribution in [3.8, 4) is 0 Å². The quantitative estimate of drug-likeness (QED) is 0.669. The number of hydrogen-bond acceptors (Lipinski definition) is 1. The molecule has 2 N–H and O–H groups in total. The molecule has 0 bridgehead atoms. The number of aryl methyl sites for hydroxylation is 1. The van der Waals surface area contributed by atoms with Gasteiger partial charge in [-0.25, -0.2) is 0 Å². The van der Waals surface area contributed by atoms with E-state index < -0.39 is 0 Å². The molecule has 0 aliphatic carbocycles. The Hall–Kier alpha value is -1.28. The first-order chi connectivity index (χ1) is 9.85. The van der Waals surface area contributed by atoms with Crippen molar-refractivity contribution in [1.82, 2.24) is 4.57 Å². The molecular formula is C18H28N2. The highest BCUT2D eigenvalue weighted by atomic mass is 14.9. The van der Waals surface area contributed by atoms with Crippen LogP contribution in [0.2, 0.25) is 0 Å². The summed E-state index contributed by atoms with van der Waals surface area (Å²) in [4.78, 5) is 0. The van der Waals surface area contributed by atoms with Gasteiger partial charge in [-0.15, -0.1) is 0 Å². The SMILES string of the molecule is CCCCCCCCn1ccc2ccc(CCN)cc21. The van der Waals surface area contributed by atoms with Crippen LogP contribution in [0.1, 0.15) is 51.0 Å². The molecular weight excluding hydrogens is 244 g/mol. The summed E-state index contributed by atoms with van der Waals surface area (Å²) >= 11 is 0. The van der Waals surface area contributed by atoms with Gasteiger partial charge in [0.15, 0.2) is 0 Å². The van der Waals surface area contributed by atoms with Gasteiger partial charge < -0.3 is 10.3 Å². The summed E-state index contributed by atoms with van der Waals surface area (Å²) in [6.07, 6.45) is 11.3. The van der Waals surface area contributed by atoms with Gasteiger partial charge in [-0.2, -0.15) is 0 Å². The maximum atomic E-state index is 5.65. The molecule has 2 nitrogen and oxygen atoms in total. The van der Waals surface area contributed by atoms with Crippen LogP contribution in [0.4, 0.5) is 0 Å². The number of rotatable bonds is 9. The van der Waals surface area contributed by atoms with Crippen LogP contribution >= 0.6 is 0 Å². The monoisotopic (exact) mass is 272 g/mol. The van der Waals surface area contributed by atoms with Gasteiger partial charge in [0.2, 0.25) is 0 Å². The van der Waals surface area contributed by atoms with Crippen LogP contribution in [0, 0.1) is 0 Å². The van der Waals surface area contributed by atoms with Gasteiger partial charge in [-0.1, -0.05) is 51.2 Å². The summed E-state index contributed by atoms with van der Waals surface area (Å²) in [5, 5.41) is 1.34. The van der Waals surface area contributed by atoms with Crippen molar-refractivity contribution >= 4 is 10.9 Å². The van der Waals surface area contributed by atoms with Crippen LogP contribution < -0.4 is 5.73 Å². The molecule has 1 aromatic heterocycles. The standard InChI is InChI=1S/C18H28N2/c1-2-3-4-5-6-7-13-20-14-11-17-9-8-16(10-12-19)15-18(17)20/h8-9,11,14-15H,2-7,10,12-13,19H2,1H3. The molecule has 0 fully saturated rings. The normalized spacial score (nSPS) is 11.3. The van der Waals surface area contributed by atoms with E-state index in [0.29, 0.717) is 0 Å². The molecule has 0 spiro atoms. The average molecular weight is 272 g/mol. The molecule has 1 heterocycles. The molecule has 0 aliphatic heterocycles. The Balaban J connectivity index is 1.90. The summed E-state index contributed by atoms with van der Waals surface area (Å²) in [5.74, 6) is 0. The number of benzene rings is 1. The van der Waals surface area contributed by atoms with Gasteiger partial charge >= 0.3 is 0 Å². The summed E-state index contributed by atoms with van der Waals surface area (Å²) in [5.41, 5.74) is 8.36. The first-order valence-corrected chi connectivity index (χ1v) is 8.13. The van der Waals surface area contributed by atoms with E-state index in [-0.39, 0.29) is 0 Å². The Morgan fingerprint density at radius 2 is 1.80 bits per heavy atom. The predicted octanol–water partition coefficient (Wildman–Crippen LogP) is 4.50. The number of nitrogens with two attached hydrogens (primary N) is 1. The van der Waals surface area contributed by atoms with Crippen LogP contribution in [0.25, 0.3) is 10.9 Å². The van der Waals surface area contributed by atoms with Crippen LogP contribution in [0.15, 0.2) is 30.5 Å². The van der Waals surface area contributed by atoms with E-state index in [4.69, 9.17) is 5.73 Å². The lowest BCUT2D eigenvalue weighted by Crippen LogP contribution is -2.03. The van der Waals surface area contributed by atoms with Crippen molar-refractivity contribution < 1.29 is 0 Å². The molecule has 2 rings (SSSR count). The van der Waals surface area contributed by atoms with E-state index >= 15 is 0 Å². The highest BCUT2D eigenvalue weighted by Crippen LogP contribution is 2.19. The number of hydrogen-bond donors (Lipinski definition) is 1. The van der Waals surface area contributed by atoms with Gasteiger partial charge in [0, 0.05) is 18.3 Å². The molecule has 0 aliphatic rings. The van der Waals surface area contributed by atoms with Crippen molar-refractivity contribution in [2.75, 3.05) is 6.54 Å². The topological polar surface area (TPSA) is 30.9 Å². The summed E-state index contributed by atoms with van der Waals surface area (Å²) < 4.78 is 2.40. The minimum Gasteiger partial charge on any atom is -0.347 e. The molecule has 20 heavy (non-hydrogen) atoms. The fraction of sp³-hybridized carbons (Fsp3) is 0.556. The van der Waals surface area contributed by atoms with Gasteiger partial charge in [0.1, 0.15) is 0 Å². The van der Waals surface area contributed by atoms with Crippen LogP contribution in [-0.2, 0) is 13.0 Å². The van der Waals surface area contributed by atoms with E-state index in [2.05, 4.69) is 42.0 Å². The molecule has 0 radical (unpaired) electrons. The van der Waals surface area contributed by atoms with Gasteiger partial charge in [-0.3, -0.25) is 0 Å². The van der Waals surface area contributed by atoms with Crippen molar-refractivity contribution in [2.45, 2.75) is 58.4 Å². The van der Waals surface area contributed by atoms with Crippen molar-refractivity contribution in [2.24, 2.45) is 5.73 Å². The molecule has 2 aromatic rings. The third kappa shape index (κ3) is 4.11. The maximum Gasteiger partial charge on any atom is 0.0483 e. The van der Waals surface area contributed by atoms with Gasteiger partial charge in [0.05, 0.1) is 0 Å². The minimum absolute atomic E-state index is 0.726. The Morgan fingerprint density at radius 3 is 2.60 bits per heavy atom. The maximum absolute atomic E-state index is 5.65. The molecule has 2 heteroatoms. The zero-order valence-electron chi connectivity index (χ0n) is 12.8. The Bertz CT molecular complexity index is 513. The zero-order chi connectivity index (χ0) is 14.2. The second kappa shape index (κ2) is 8.11. The van der Waals surface area contributed by atoms with Crippen LogP contribution in [-0.4, -0.2) is 11.1 Å². The first-order valence-electron chi connectivity index (χ1n) is 8.13. The Kier molecular flexibility index (Phi) is 6.13. The zero-order valence-corrected chi connectivity index (χ0v) is 12.8. The summed E-state index contributed by atoms with van der Waals surface area (Å²) in [7, 11) is 0. The molecule has 0 saturated carbocycles. The summed E-state index contributed by atoms with van der Waals surface area (Å²) in [6, 6.07) is 8.94. The Labute approximate surface area is 123 Å². The van der Waals surface area contributed by atoms with Crippen molar-refractivity contribution in [3.05, 3.63) is 36.0 Å². The third-order valence-corrected chi connectivity index (χ3v) is 4.02. The molecule has 0 amide bonds. The molecule has 1 aromatic carbocycles. The number of unbranched alkanes of at least 4 members (excludes halogenated alkanes) is 5. The number of fused-ring (bicyclic) bond motifs is 1. The fourth-order valence-corrected chi connectivity index (χ4v) is 2.81. The van der Waals surface area contributed by atoms with E-state index in [1.807, 2.05) is 0 Å². The molecule has 110 valence electrons. The van der Waals surface area contributed by atoms with E-state index in [1.165, 1.54) is 55.0 Å². The van der Waals surface area contributed by atoms with E-state index in [9.17, 15) is 0 Å². The molecule has 0 saturated heterocycles. The highest BCUT2D eigenvalue weighted by Gasteiger charge is 2.02. The average Bonchev–Trinajstić information content (AvgIpc) is 2.86. The lowest BCUT2D eigenvalue weighted by atomic mass is 10.1. The van der Waals surface area contributed by atoms with Crippen molar-refractivity contribution in [1.29, 1.82) is 0 Å². The molecule has 0 unspecified atom stereocenters. The van der Waals surface area contributed by atoms with Gasteiger partial charge in [-0.05, 0) is 42.5 Å². The largest absolute Gasteiger partial charge is 0.347 e. The predicted molar refractivity (Wildman–Crippen MR) is 88.1 cm³/mol. The third-order valence-electron chi connectivity index (χ3n) is 4.02. The first kappa shape index (κ1) is 15.1. The van der Waals surface area contributed by atoms with E-state index in [1.54, 1.807) is 0 Å². The van der Waals surface area contributed by atoms with Crippen LogP contribution in [0.5, 0.6) is 0 Å². The minimum atomic E-state index is 0.726. The second-order valence-corrected chi connectivity index (χ2v) is 5.71. The second-order valence-electron chi connectivity index (χ2n) is 5.71. The summed E-state index contributed by atoms with van der Waals surface area (Å²) in [6.45, 7) is 4.14. The molecule has 0 atom stereocenters. The highest BCUT2D eigenvalue weighted by molar-refractivity contribution is 5.80. The van der Waals surface area contributed by atoms with Gasteiger partial charge in [0.25, 0.3) is 0 Å². The number of aromatic nitrogens is 1. The lowest BCUT2D eigenvalue weighted by molar-refractivity contribution is 0.565. The lowest BCUT2D eigenvalue weighted by Gasteiger charge is -2.07. The number of nitrogens with zero attached hydrogens (tertiary/aromatic N) is 1.